The number of rotatable bonds is 1. The average molecular weight is 270 g/mol. The van der Waals surface area contributed by atoms with Crippen LogP contribution in [-0.4, -0.2) is 36.1 Å². The number of carbonyl (C=O) groups excluding carboxylic acids is 1. The zero-order valence-electron chi connectivity index (χ0n) is 10.9. The third-order valence-electron chi connectivity index (χ3n) is 3.05. The first-order valence-corrected chi connectivity index (χ1v) is 5.98. The molecule has 1 amide bonds. The van der Waals surface area contributed by atoms with Gasteiger partial charge in [-0.05, 0) is 26.0 Å². The number of nitrogens with zero attached hydrogens (tertiary/aromatic N) is 1. The van der Waals surface area contributed by atoms with Crippen molar-refractivity contribution in [3.63, 3.8) is 0 Å². The van der Waals surface area contributed by atoms with E-state index < -0.39 is 28.7 Å². The number of nitrogen functional groups attached to an aromatic ring is 1. The van der Waals surface area contributed by atoms with Crippen LogP contribution in [0.3, 0.4) is 0 Å². The van der Waals surface area contributed by atoms with E-state index in [4.69, 9.17) is 10.5 Å². The first-order valence-electron chi connectivity index (χ1n) is 5.98. The number of halogens is 2. The van der Waals surface area contributed by atoms with Crippen molar-refractivity contribution in [3.05, 3.63) is 29.3 Å². The molecule has 1 fully saturated rings. The molecule has 0 bridgehead atoms. The summed E-state index contributed by atoms with van der Waals surface area (Å²) in [4.78, 5) is 13.6. The highest BCUT2D eigenvalue weighted by molar-refractivity contribution is 5.95. The van der Waals surface area contributed by atoms with Crippen LogP contribution in [0, 0.1) is 11.6 Å². The van der Waals surface area contributed by atoms with E-state index in [1.165, 1.54) is 4.90 Å². The SMILES string of the molecule is CC1(C)CN(C(=O)c2c(F)ccc(N)c2F)CCO1. The molecule has 0 unspecified atom stereocenters. The monoisotopic (exact) mass is 270 g/mol. The number of nitrogens with two attached hydrogens (primary N) is 1. The predicted octanol–water partition coefficient (Wildman–Crippen LogP) is 1.80. The van der Waals surface area contributed by atoms with Crippen LogP contribution < -0.4 is 5.73 Å². The molecule has 0 spiro atoms. The quantitative estimate of drug-likeness (QED) is 0.792. The maximum absolute atomic E-state index is 13.8. The molecule has 19 heavy (non-hydrogen) atoms. The molecule has 1 aliphatic heterocycles. The molecule has 6 heteroatoms. The second-order valence-electron chi connectivity index (χ2n) is 5.16. The lowest BCUT2D eigenvalue weighted by molar-refractivity contribution is -0.0765. The molecular weight excluding hydrogens is 254 g/mol. The number of amides is 1. The summed E-state index contributed by atoms with van der Waals surface area (Å²) in [6, 6.07) is 2.10. The summed E-state index contributed by atoms with van der Waals surface area (Å²) in [5.41, 5.74) is 4.01. The van der Waals surface area contributed by atoms with Crippen molar-refractivity contribution >= 4 is 11.6 Å². The minimum absolute atomic E-state index is 0.239. The molecule has 2 rings (SSSR count). The van der Waals surface area contributed by atoms with E-state index in [0.29, 0.717) is 13.2 Å². The Morgan fingerprint density at radius 1 is 1.42 bits per heavy atom. The highest BCUT2D eigenvalue weighted by Gasteiger charge is 2.33. The van der Waals surface area contributed by atoms with Crippen LogP contribution in [0.5, 0.6) is 0 Å². The molecule has 1 aromatic carbocycles. The molecular formula is C13H16F2N2O2. The van der Waals surface area contributed by atoms with Crippen LogP contribution >= 0.6 is 0 Å². The zero-order valence-corrected chi connectivity index (χ0v) is 10.9. The Kier molecular flexibility index (Phi) is 3.45. The molecule has 2 N–H and O–H groups in total. The molecule has 4 nitrogen and oxygen atoms in total. The number of hydrogen-bond acceptors (Lipinski definition) is 3. The molecule has 1 aliphatic rings. The lowest BCUT2D eigenvalue weighted by Gasteiger charge is -2.38. The zero-order chi connectivity index (χ0) is 14.2. The molecule has 1 aromatic rings. The smallest absolute Gasteiger partial charge is 0.260 e. The maximum Gasteiger partial charge on any atom is 0.260 e. The fraction of sp³-hybridized carbons (Fsp3) is 0.462. The minimum atomic E-state index is -1.01. The van der Waals surface area contributed by atoms with Gasteiger partial charge in [0.1, 0.15) is 11.4 Å². The summed E-state index contributed by atoms with van der Waals surface area (Å²) in [7, 11) is 0. The number of benzene rings is 1. The van der Waals surface area contributed by atoms with E-state index in [2.05, 4.69) is 0 Å². The third kappa shape index (κ3) is 2.68. The molecule has 104 valence electrons. The van der Waals surface area contributed by atoms with Crippen LogP contribution in [-0.2, 0) is 4.74 Å². The van der Waals surface area contributed by atoms with Crippen LogP contribution in [0.15, 0.2) is 12.1 Å². The summed E-state index contributed by atoms with van der Waals surface area (Å²) in [6.45, 7) is 4.55. The molecule has 0 radical (unpaired) electrons. The standard InChI is InChI=1S/C13H16F2N2O2/c1-13(2)7-17(5-6-19-13)12(18)10-8(14)3-4-9(16)11(10)15/h3-4H,5-7,16H2,1-2H3. The first kappa shape index (κ1) is 13.7. The van der Waals surface area contributed by atoms with Gasteiger partial charge in [0.05, 0.1) is 17.9 Å². The van der Waals surface area contributed by atoms with Crippen molar-refractivity contribution in [1.29, 1.82) is 0 Å². The van der Waals surface area contributed by atoms with Crippen LogP contribution in [0.4, 0.5) is 14.5 Å². The summed E-state index contributed by atoms with van der Waals surface area (Å²) in [5, 5.41) is 0. The van der Waals surface area contributed by atoms with Gasteiger partial charge in [-0.2, -0.15) is 0 Å². The van der Waals surface area contributed by atoms with E-state index in [1.807, 2.05) is 13.8 Å². The topological polar surface area (TPSA) is 55.6 Å². The van der Waals surface area contributed by atoms with Gasteiger partial charge in [0, 0.05) is 13.1 Å². The van der Waals surface area contributed by atoms with E-state index in [-0.39, 0.29) is 12.2 Å². The van der Waals surface area contributed by atoms with Gasteiger partial charge in [0.25, 0.3) is 5.91 Å². The molecule has 0 aliphatic carbocycles. The second-order valence-corrected chi connectivity index (χ2v) is 5.16. The van der Waals surface area contributed by atoms with Crippen molar-refractivity contribution in [2.24, 2.45) is 0 Å². The minimum Gasteiger partial charge on any atom is -0.396 e. The van der Waals surface area contributed by atoms with Gasteiger partial charge in [0.2, 0.25) is 0 Å². The third-order valence-corrected chi connectivity index (χ3v) is 3.05. The lowest BCUT2D eigenvalue weighted by Crippen LogP contribution is -2.50. The van der Waals surface area contributed by atoms with Crippen LogP contribution in [0.1, 0.15) is 24.2 Å². The molecule has 1 saturated heterocycles. The number of ether oxygens (including phenoxy) is 1. The van der Waals surface area contributed by atoms with Gasteiger partial charge in [0.15, 0.2) is 5.82 Å². The summed E-state index contributed by atoms with van der Waals surface area (Å²) < 4.78 is 32.9. The number of hydrogen-bond donors (Lipinski definition) is 1. The average Bonchev–Trinajstić information content (AvgIpc) is 2.33. The van der Waals surface area contributed by atoms with E-state index in [9.17, 15) is 13.6 Å². The van der Waals surface area contributed by atoms with Gasteiger partial charge in [-0.25, -0.2) is 8.78 Å². The fourth-order valence-corrected chi connectivity index (χ4v) is 2.11. The fourth-order valence-electron chi connectivity index (χ4n) is 2.11. The Balaban J connectivity index is 2.32. The normalized spacial score (nSPS) is 18.4. The van der Waals surface area contributed by atoms with Crippen LogP contribution in [0.25, 0.3) is 0 Å². The summed E-state index contributed by atoms with van der Waals surface area (Å²) in [5.74, 6) is -2.60. The highest BCUT2D eigenvalue weighted by Crippen LogP contribution is 2.23. The van der Waals surface area contributed by atoms with Crippen LogP contribution in [0.2, 0.25) is 0 Å². The first-order chi connectivity index (χ1) is 8.82. The van der Waals surface area contributed by atoms with Gasteiger partial charge >= 0.3 is 0 Å². The molecule has 0 saturated carbocycles. The van der Waals surface area contributed by atoms with Crippen molar-refractivity contribution in [2.45, 2.75) is 19.4 Å². The van der Waals surface area contributed by atoms with Crippen molar-refractivity contribution < 1.29 is 18.3 Å². The highest BCUT2D eigenvalue weighted by atomic mass is 19.1. The van der Waals surface area contributed by atoms with Gasteiger partial charge < -0.3 is 15.4 Å². The Morgan fingerprint density at radius 3 is 2.74 bits per heavy atom. The number of anilines is 1. The Hall–Kier alpha value is -1.69. The second kappa shape index (κ2) is 4.77. The largest absolute Gasteiger partial charge is 0.396 e. The van der Waals surface area contributed by atoms with Crippen molar-refractivity contribution in [3.8, 4) is 0 Å². The Bertz CT molecular complexity index is 518. The lowest BCUT2D eigenvalue weighted by atomic mass is 10.1. The van der Waals surface area contributed by atoms with E-state index in [1.54, 1.807) is 0 Å². The number of carbonyl (C=O) groups is 1. The van der Waals surface area contributed by atoms with Gasteiger partial charge in [-0.15, -0.1) is 0 Å². The van der Waals surface area contributed by atoms with Gasteiger partial charge in [-0.1, -0.05) is 0 Å². The van der Waals surface area contributed by atoms with E-state index in [0.717, 1.165) is 12.1 Å². The summed E-state index contributed by atoms with van der Waals surface area (Å²) >= 11 is 0. The van der Waals surface area contributed by atoms with Crippen molar-refractivity contribution in [1.82, 2.24) is 4.90 Å². The molecule has 1 heterocycles. The summed E-state index contributed by atoms with van der Waals surface area (Å²) in [6.07, 6.45) is 0. The molecule has 0 atom stereocenters. The Labute approximate surface area is 110 Å². The number of morpholine rings is 1. The Morgan fingerprint density at radius 2 is 2.11 bits per heavy atom. The van der Waals surface area contributed by atoms with E-state index >= 15 is 0 Å². The maximum atomic E-state index is 13.8. The predicted molar refractivity (Wildman–Crippen MR) is 66.7 cm³/mol. The van der Waals surface area contributed by atoms with Gasteiger partial charge in [-0.3, -0.25) is 4.79 Å². The van der Waals surface area contributed by atoms with Crippen molar-refractivity contribution in [2.75, 3.05) is 25.4 Å². The molecule has 0 aromatic heterocycles.